The molecule has 0 aliphatic rings. The molecule has 4 N–H and O–H groups in total. The molecular formula is C14H17N3O4. The van der Waals surface area contributed by atoms with Gasteiger partial charge in [-0.2, -0.15) is 0 Å². The zero-order chi connectivity index (χ0) is 15.2. The Balaban J connectivity index is 2.24. The van der Waals surface area contributed by atoms with Crippen molar-refractivity contribution in [3.8, 4) is 5.75 Å². The number of aliphatic hydroxyl groups excluding tert-OH is 1. The minimum absolute atomic E-state index is 0.00334. The van der Waals surface area contributed by atoms with E-state index in [0.717, 1.165) is 0 Å². The number of methoxy groups -OCH3 is 1. The number of fused-ring (bicyclic) bond motifs is 1. The van der Waals surface area contributed by atoms with Crippen molar-refractivity contribution in [2.45, 2.75) is 6.42 Å². The van der Waals surface area contributed by atoms with E-state index in [1.54, 1.807) is 18.2 Å². The SMILES string of the molecule is COc1cccc2c(=O)c(NC(=O)NCCCO)c[nH]c12. The molecule has 0 radical (unpaired) electrons. The highest BCUT2D eigenvalue weighted by Crippen LogP contribution is 2.21. The van der Waals surface area contributed by atoms with Crippen molar-refractivity contribution >= 4 is 22.6 Å². The van der Waals surface area contributed by atoms with E-state index in [1.165, 1.54) is 13.3 Å². The van der Waals surface area contributed by atoms with E-state index in [-0.39, 0.29) is 17.7 Å². The average molecular weight is 291 g/mol. The first-order chi connectivity index (χ1) is 10.2. The first-order valence-corrected chi connectivity index (χ1v) is 6.51. The monoisotopic (exact) mass is 291 g/mol. The van der Waals surface area contributed by atoms with Gasteiger partial charge in [0.05, 0.1) is 18.0 Å². The summed E-state index contributed by atoms with van der Waals surface area (Å²) in [7, 11) is 1.52. The van der Waals surface area contributed by atoms with Crippen LogP contribution >= 0.6 is 0 Å². The molecule has 0 aliphatic carbocycles. The van der Waals surface area contributed by atoms with Crippen molar-refractivity contribution in [2.24, 2.45) is 0 Å². The third-order valence-corrected chi connectivity index (χ3v) is 2.96. The molecule has 21 heavy (non-hydrogen) atoms. The number of amides is 2. The fourth-order valence-electron chi connectivity index (χ4n) is 1.93. The van der Waals surface area contributed by atoms with Crippen molar-refractivity contribution in [3.63, 3.8) is 0 Å². The second-order valence-electron chi connectivity index (χ2n) is 4.37. The summed E-state index contributed by atoms with van der Waals surface area (Å²) in [4.78, 5) is 26.9. The molecule has 112 valence electrons. The fraction of sp³-hybridized carbons (Fsp3) is 0.286. The average Bonchev–Trinajstić information content (AvgIpc) is 2.50. The van der Waals surface area contributed by atoms with Crippen LogP contribution in [0.1, 0.15) is 6.42 Å². The van der Waals surface area contributed by atoms with Gasteiger partial charge in [-0.3, -0.25) is 4.79 Å². The second kappa shape index (κ2) is 6.76. The highest BCUT2D eigenvalue weighted by Gasteiger charge is 2.10. The van der Waals surface area contributed by atoms with Gasteiger partial charge < -0.3 is 25.5 Å². The van der Waals surface area contributed by atoms with Gasteiger partial charge >= 0.3 is 6.03 Å². The van der Waals surface area contributed by atoms with Crippen molar-refractivity contribution < 1.29 is 14.6 Å². The molecule has 1 heterocycles. The number of para-hydroxylation sites is 1. The summed E-state index contributed by atoms with van der Waals surface area (Å²) in [6, 6.07) is 4.62. The molecule has 0 bridgehead atoms. The van der Waals surface area contributed by atoms with Gasteiger partial charge in [0.2, 0.25) is 5.43 Å². The molecule has 0 saturated heterocycles. The molecule has 0 aliphatic heterocycles. The van der Waals surface area contributed by atoms with Gasteiger partial charge in [-0.1, -0.05) is 6.07 Å². The Morgan fingerprint density at radius 3 is 2.95 bits per heavy atom. The van der Waals surface area contributed by atoms with E-state index in [1.807, 2.05) is 0 Å². The minimum Gasteiger partial charge on any atom is -0.495 e. The molecule has 0 atom stereocenters. The van der Waals surface area contributed by atoms with Gasteiger partial charge in [-0.15, -0.1) is 0 Å². The van der Waals surface area contributed by atoms with Crippen LogP contribution in [-0.2, 0) is 0 Å². The number of aromatic amines is 1. The van der Waals surface area contributed by atoms with Gasteiger partial charge in [0.1, 0.15) is 11.4 Å². The molecule has 1 aromatic heterocycles. The maximum absolute atomic E-state index is 12.3. The smallest absolute Gasteiger partial charge is 0.319 e. The molecule has 7 heteroatoms. The fourth-order valence-corrected chi connectivity index (χ4v) is 1.93. The number of urea groups is 1. The lowest BCUT2D eigenvalue weighted by Crippen LogP contribution is -2.31. The maximum atomic E-state index is 12.3. The number of rotatable bonds is 5. The number of carbonyl (C=O) groups excluding carboxylic acids is 1. The van der Waals surface area contributed by atoms with Crippen molar-refractivity contribution in [3.05, 3.63) is 34.6 Å². The summed E-state index contributed by atoms with van der Waals surface area (Å²) in [5.74, 6) is 0.559. The van der Waals surface area contributed by atoms with E-state index in [9.17, 15) is 9.59 Å². The van der Waals surface area contributed by atoms with Crippen molar-refractivity contribution in [2.75, 3.05) is 25.6 Å². The van der Waals surface area contributed by atoms with E-state index in [4.69, 9.17) is 9.84 Å². The summed E-state index contributed by atoms with van der Waals surface area (Å²) in [6.45, 7) is 0.332. The molecular weight excluding hydrogens is 274 g/mol. The Labute approximate surface area is 120 Å². The van der Waals surface area contributed by atoms with Crippen LogP contribution in [0.4, 0.5) is 10.5 Å². The number of carbonyl (C=O) groups is 1. The van der Waals surface area contributed by atoms with Crippen LogP contribution in [0, 0.1) is 0 Å². The molecule has 0 spiro atoms. The summed E-state index contributed by atoms with van der Waals surface area (Å²) in [5.41, 5.74) is 0.438. The van der Waals surface area contributed by atoms with E-state index in [2.05, 4.69) is 15.6 Å². The number of anilines is 1. The molecule has 0 fully saturated rings. The Bertz CT molecular complexity index is 696. The Hall–Kier alpha value is -2.54. The summed E-state index contributed by atoms with van der Waals surface area (Å²) in [5, 5.41) is 14.1. The molecule has 2 rings (SSSR count). The topological polar surface area (TPSA) is 103 Å². The largest absolute Gasteiger partial charge is 0.495 e. The minimum atomic E-state index is -0.490. The maximum Gasteiger partial charge on any atom is 0.319 e. The van der Waals surface area contributed by atoms with Crippen LogP contribution in [0.3, 0.4) is 0 Å². The summed E-state index contributed by atoms with van der Waals surface area (Å²) in [6.07, 6.45) is 1.89. The number of H-pyrrole nitrogens is 1. The predicted octanol–water partition coefficient (Wildman–Crippen LogP) is 1.04. The van der Waals surface area contributed by atoms with E-state index >= 15 is 0 Å². The van der Waals surface area contributed by atoms with Gasteiger partial charge in [0.15, 0.2) is 0 Å². The third kappa shape index (κ3) is 3.32. The molecule has 1 aromatic carbocycles. The number of pyridine rings is 1. The molecule has 2 aromatic rings. The van der Waals surface area contributed by atoms with Crippen LogP contribution in [0.15, 0.2) is 29.2 Å². The second-order valence-corrected chi connectivity index (χ2v) is 4.37. The number of ether oxygens (including phenoxy) is 1. The first kappa shape index (κ1) is 14.9. The van der Waals surface area contributed by atoms with Crippen molar-refractivity contribution in [1.29, 1.82) is 0 Å². The molecule has 0 unspecified atom stereocenters. The number of nitrogens with one attached hydrogen (secondary N) is 3. The third-order valence-electron chi connectivity index (χ3n) is 2.96. The van der Waals surface area contributed by atoms with E-state index in [0.29, 0.717) is 29.6 Å². The normalized spacial score (nSPS) is 10.4. The van der Waals surface area contributed by atoms with Gasteiger partial charge in [0.25, 0.3) is 0 Å². The molecule has 2 amide bonds. The van der Waals surface area contributed by atoms with Crippen molar-refractivity contribution in [1.82, 2.24) is 10.3 Å². The summed E-state index contributed by atoms with van der Waals surface area (Å²) < 4.78 is 5.18. The Kier molecular flexibility index (Phi) is 4.78. The lowest BCUT2D eigenvalue weighted by atomic mass is 10.2. The van der Waals surface area contributed by atoms with Crippen LogP contribution in [0.2, 0.25) is 0 Å². The van der Waals surface area contributed by atoms with Crippen LogP contribution < -0.4 is 20.8 Å². The zero-order valence-corrected chi connectivity index (χ0v) is 11.6. The number of hydrogen-bond acceptors (Lipinski definition) is 4. The standard InChI is InChI=1S/C14H17N3O4/c1-21-11-5-2-4-9-12(11)16-8-10(13(9)19)17-14(20)15-6-3-7-18/h2,4-5,8,18H,3,6-7H2,1H3,(H,16,19)(H2,15,17,20). The highest BCUT2D eigenvalue weighted by atomic mass is 16.5. The van der Waals surface area contributed by atoms with Crippen LogP contribution in [-0.4, -0.2) is 36.4 Å². The Morgan fingerprint density at radius 2 is 2.24 bits per heavy atom. The van der Waals surface area contributed by atoms with Crippen LogP contribution in [0.5, 0.6) is 5.75 Å². The number of aliphatic hydroxyl groups is 1. The van der Waals surface area contributed by atoms with Crippen LogP contribution in [0.25, 0.3) is 10.9 Å². The van der Waals surface area contributed by atoms with E-state index < -0.39 is 6.03 Å². The summed E-state index contributed by atoms with van der Waals surface area (Å²) >= 11 is 0. The number of hydrogen-bond donors (Lipinski definition) is 4. The zero-order valence-electron chi connectivity index (χ0n) is 11.6. The van der Waals surface area contributed by atoms with Gasteiger partial charge in [-0.25, -0.2) is 4.79 Å². The van der Waals surface area contributed by atoms with Gasteiger partial charge in [-0.05, 0) is 18.6 Å². The number of aromatic nitrogens is 1. The quantitative estimate of drug-likeness (QED) is 0.618. The first-order valence-electron chi connectivity index (χ1n) is 6.51. The molecule has 7 nitrogen and oxygen atoms in total. The highest BCUT2D eigenvalue weighted by molar-refractivity contribution is 5.93. The molecule has 0 saturated carbocycles. The predicted molar refractivity (Wildman–Crippen MR) is 79.8 cm³/mol. The lowest BCUT2D eigenvalue weighted by Gasteiger charge is -2.09. The Morgan fingerprint density at radius 1 is 1.43 bits per heavy atom. The van der Waals surface area contributed by atoms with Gasteiger partial charge in [0, 0.05) is 19.3 Å². The number of benzene rings is 1. The lowest BCUT2D eigenvalue weighted by molar-refractivity contribution is 0.249.